The molecule has 0 atom stereocenters. The SMILES string of the molecule is CCCCN(C)C(=O)CSCCCCCBr. The fourth-order valence-corrected chi connectivity index (χ4v) is 2.61. The molecule has 2 nitrogen and oxygen atoms in total. The van der Waals surface area contributed by atoms with Crippen molar-refractivity contribution in [2.75, 3.05) is 30.4 Å². The molecule has 0 aliphatic carbocycles. The second kappa shape index (κ2) is 11.8. The van der Waals surface area contributed by atoms with Crippen molar-refractivity contribution in [3.63, 3.8) is 0 Å². The van der Waals surface area contributed by atoms with E-state index in [4.69, 9.17) is 0 Å². The van der Waals surface area contributed by atoms with Crippen molar-refractivity contribution >= 4 is 33.6 Å². The fraction of sp³-hybridized carbons (Fsp3) is 0.917. The molecule has 0 unspecified atom stereocenters. The van der Waals surface area contributed by atoms with Crippen LogP contribution in [0, 0.1) is 0 Å². The smallest absolute Gasteiger partial charge is 0.232 e. The molecule has 16 heavy (non-hydrogen) atoms. The van der Waals surface area contributed by atoms with Crippen LogP contribution in [0.2, 0.25) is 0 Å². The highest BCUT2D eigenvalue weighted by atomic mass is 79.9. The predicted molar refractivity (Wildman–Crippen MR) is 77.5 cm³/mol. The Labute approximate surface area is 113 Å². The Morgan fingerprint density at radius 1 is 1.25 bits per heavy atom. The van der Waals surface area contributed by atoms with Crippen molar-refractivity contribution in [3.05, 3.63) is 0 Å². The lowest BCUT2D eigenvalue weighted by Gasteiger charge is -2.16. The number of alkyl halides is 1. The molecule has 0 aliphatic rings. The maximum Gasteiger partial charge on any atom is 0.232 e. The largest absolute Gasteiger partial charge is 0.345 e. The number of hydrogen-bond donors (Lipinski definition) is 0. The van der Waals surface area contributed by atoms with Crippen LogP contribution in [0.3, 0.4) is 0 Å². The van der Waals surface area contributed by atoms with Crippen LogP contribution in [-0.2, 0) is 4.79 Å². The van der Waals surface area contributed by atoms with Gasteiger partial charge in [-0.1, -0.05) is 35.7 Å². The molecule has 0 saturated heterocycles. The summed E-state index contributed by atoms with van der Waals surface area (Å²) in [6.07, 6.45) is 5.99. The Bertz CT molecular complexity index is 178. The maximum atomic E-state index is 11.6. The average molecular weight is 310 g/mol. The molecule has 0 aliphatic heterocycles. The number of nitrogens with zero attached hydrogens (tertiary/aromatic N) is 1. The summed E-state index contributed by atoms with van der Waals surface area (Å²) < 4.78 is 0. The van der Waals surface area contributed by atoms with Gasteiger partial charge in [0.25, 0.3) is 0 Å². The van der Waals surface area contributed by atoms with Gasteiger partial charge in [0.05, 0.1) is 5.75 Å². The van der Waals surface area contributed by atoms with E-state index in [0.29, 0.717) is 5.75 Å². The zero-order chi connectivity index (χ0) is 12.2. The highest BCUT2D eigenvalue weighted by Gasteiger charge is 2.07. The number of thioether (sulfide) groups is 1. The number of halogens is 1. The lowest BCUT2D eigenvalue weighted by Crippen LogP contribution is -2.29. The molecule has 1 amide bonds. The molecular formula is C12H24BrNOS. The predicted octanol–water partition coefficient (Wildman–Crippen LogP) is 3.54. The molecule has 0 heterocycles. The zero-order valence-electron chi connectivity index (χ0n) is 10.5. The first-order valence-electron chi connectivity index (χ1n) is 6.10. The summed E-state index contributed by atoms with van der Waals surface area (Å²) in [7, 11) is 1.91. The minimum absolute atomic E-state index is 0.277. The molecule has 0 aromatic rings. The molecule has 0 spiro atoms. The molecule has 0 fully saturated rings. The van der Waals surface area contributed by atoms with Crippen LogP contribution in [0.4, 0.5) is 0 Å². The summed E-state index contributed by atoms with van der Waals surface area (Å²) in [5.41, 5.74) is 0. The highest BCUT2D eigenvalue weighted by Crippen LogP contribution is 2.08. The molecule has 0 rings (SSSR count). The van der Waals surface area contributed by atoms with Crippen LogP contribution in [0.25, 0.3) is 0 Å². The van der Waals surface area contributed by atoms with E-state index in [1.807, 2.05) is 11.9 Å². The van der Waals surface area contributed by atoms with Crippen molar-refractivity contribution in [1.29, 1.82) is 0 Å². The summed E-state index contributed by atoms with van der Waals surface area (Å²) in [6, 6.07) is 0. The van der Waals surface area contributed by atoms with Crippen molar-refractivity contribution in [3.8, 4) is 0 Å². The number of carbonyl (C=O) groups excluding carboxylic acids is 1. The van der Waals surface area contributed by atoms with Crippen LogP contribution in [0.5, 0.6) is 0 Å². The van der Waals surface area contributed by atoms with E-state index >= 15 is 0 Å². The van der Waals surface area contributed by atoms with Gasteiger partial charge in [-0.15, -0.1) is 0 Å². The van der Waals surface area contributed by atoms with E-state index in [0.717, 1.165) is 30.5 Å². The first-order chi connectivity index (χ1) is 7.72. The number of unbranched alkanes of at least 4 members (excludes halogenated alkanes) is 3. The minimum Gasteiger partial charge on any atom is -0.345 e. The Balaban J connectivity index is 3.35. The van der Waals surface area contributed by atoms with Gasteiger partial charge in [-0.05, 0) is 25.0 Å². The number of amides is 1. The Morgan fingerprint density at radius 3 is 2.62 bits per heavy atom. The topological polar surface area (TPSA) is 20.3 Å². The van der Waals surface area contributed by atoms with E-state index < -0.39 is 0 Å². The molecule has 0 bridgehead atoms. The van der Waals surface area contributed by atoms with Crippen LogP contribution in [0.1, 0.15) is 39.0 Å². The first-order valence-corrected chi connectivity index (χ1v) is 8.37. The fourth-order valence-electron chi connectivity index (χ4n) is 1.27. The van der Waals surface area contributed by atoms with E-state index in [9.17, 15) is 4.79 Å². The van der Waals surface area contributed by atoms with Gasteiger partial charge < -0.3 is 4.90 Å². The summed E-state index contributed by atoms with van der Waals surface area (Å²) in [5.74, 6) is 2.04. The number of carbonyl (C=O) groups is 1. The van der Waals surface area contributed by atoms with Gasteiger partial charge in [-0.2, -0.15) is 11.8 Å². The molecule has 0 radical (unpaired) electrons. The van der Waals surface area contributed by atoms with Crippen molar-refractivity contribution in [2.45, 2.75) is 39.0 Å². The number of rotatable bonds is 10. The van der Waals surface area contributed by atoms with Crippen LogP contribution < -0.4 is 0 Å². The quantitative estimate of drug-likeness (QED) is 0.454. The van der Waals surface area contributed by atoms with E-state index in [1.165, 1.54) is 19.3 Å². The van der Waals surface area contributed by atoms with Gasteiger partial charge in [-0.25, -0.2) is 0 Å². The number of hydrogen-bond acceptors (Lipinski definition) is 2. The standard InChI is InChI=1S/C12H24BrNOS/c1-3-4-9-14(2)12(15)11-16-10-7-5-6-8-13/h3-11H2,1-2H3. The van der Waals surface area contributed by atoms with Gasteiger partial charge >= 0.3 is 0 Å². The summed E-state index contributed by atoms with van der Waals surface area (Å²) in [4.78, 5) is 13.5. The lowest BCUT2D eigenvalue weighted by atomic mass is 10.3. The lowest BCUT2D eigenvalue weighted by molar-refractivity contribution is -0.127. The highest BCUT2D eigenvalue weighted by molar-refractivity contribution is 9.09. The molecule has 0 aromatic heterocycles. The first kappa shape index (κ1) is 16.3. The molecular weight excluding hydrogens is 286 g/mol. The van der Waals surface area contributed by atoms with Gasteiger partial charge in [0.1, 0.15) is 0 Å². The zero-order valence-corrected chi connectivity index (χ0v) is 12.9. The molecule has 0 N–H and O–H groups in total. The molecule has 0 saturated carbocycles. The van der Waals surface area contributed by atoms with Gasteiger partial charge in [-0.3, -0.25) is 4.79 Å². The Hall–Kier alpha value is 0.300. The van der Waals surface area contributed by atoms with E-state index in [-0.39, 0.29) is 5.91 Å². The molecule has 96 valence electrons. The third kappa shape index (κ3) is 9.52. The van der Waals surface area contributed by atoms with Crippen molar-refractivity contribution in [1.82, 2.24) is 4.90 Å². The minimum atomic E-state index is 0.277. The third-order valence-electron chi connectivity index (χ3n) is 2.42. The molecule has 0 aromatic carbocycles. The van der Waals surface area contributed by atoms with Gasteiger partial charge in [0.2, 0.25) is 5.91 Å². The second-order valence-electron chi connectivity index (χ2n) is 3.97. The van der Waals surface area contributed by atoms with E-state index in [2.05, 4.69) is 22.9 Å². The third-order valence-corrected chi connectivity index (χ3v) is 4.01. The second-order valence-corrected chi connectivity index (χ2v) is 5.87. The van der Waals surface area contributed by atoms with E-state index in [1.54, 1.807) is 11.8 Å². The summed E-state index contributed by atoms with van der Waals surface area (Å²) >= 11 is 5.18. The summed E-state index contributed by atoms with van der Waals surface area (Å²) in [5, 5.41) is 1.09. The Kier molecular flexibility index (Phi) is 12.0. The van der Waals surface area contributed by atoms with Crippen LogP contribution in [-0.4, -0.2) is 41.2 Å². The normalized spacial score (nSPS) is 10.4. The monoisotopic (exact) mass is 309 g/mol. The Morgan fingerprint density at radius 2 is 2.00 bits per heavy atom. The van der Waals surface area contributed by atoms with Gasteiger partial charge in [0.15, 0.2) is 0 Å². The van der Waals surface area contributed by atoms with Crippen molar-refractivity contribution in [2.24, 2.45) is 0 Å². The van der Waals surface area contributed by atoms with Gasteiger partial charge in [0, 0.05) is 18.9 Å². The average Bonchev–Trinajstić information content (AvgIpc) is 2.30. The van der Waals surface area contributed by atoms with Crippen molar-refractivity contribution < 1.29 is 4.79 Å². The maximum absolute atomic E-state index is 11.6. The van der Waals surface area contributed by atoms with Crippen LogP contribution >= 0.6 is 27.7 Å². The molecule has 4 heteroatoms. The summed E-state index contributed by atoms with van der Waals surface area (Å²) in [6.45, 7) is 3.05. The van der Waals surface area contributed by atoms with Crippen LogP contribution in [0.15, 0.2) is 0 Å².